The maximum absolute atomic E-state index is 12.8. The topological polar surface area (TPSA) is 76.3 Å². The van der Waals surface area contributed by atoms with Crippen molar-refractivity contribution in [2.45, 2.75) is 30.9 Å². The van der Waals surface area contributed by atoms with Gasteiger partial charge in [-0.25, -0.2) is 12.7 Å². The van der Waals surface area contributed by atoms with Gasteiger partial charge in [-0.2, -0.15) is 4.98 Å². The molecule has 2 aliphatic rings. The Morgan fingerprint density at radius 3 is 2.60 bits per heavy atom. The van der Waals surface area contributed by atoms with E-state index in [1.165, 1.54) is 0 Å². The third-order valence-electron chi connectivity index (χ3n) is 6.32. The quantitative estimate of drug-likeness (QED) is 0.580. The lowest BCUT2D eigenvalue weighted by Gasteiger charge is -2.31. The number of nitrogens with zero attached hydrogens (tertiary/aromatic N) is 3. The second kappa shape index (κ2) is 7.48. The fourth-order valence-corrected chi connectivity index (χ4v) is 6.18. The summed E-state index contributed by atoms with van der Waals surface area (Å²) in [4.78, 5) is 4.59. The largest absolute Gasteiger partial charge is 0.339 e. The van der Waals surface area contributed by atoms with Gasteiger partial charge in [-0.15, -0.1) is 0 Å². The molecule has 2 aromatic carbocycles. The van der Waals surface area contributed by atoms with E-state index in [1.54, 1.807) is 4.31 Å². The molecule has 0 radical (unpaired) electrons. The van der Waals surface area contributed by atoms with Crippen LogP contribution in [0.5, 0.6) is 0 Å². The van der Waals surface area contributed by atoms with E-state index < -0.39 is 10.0 Å². The Morgan fingerprint density at radius 2 is 1.87 bits per heavy atom. The first-order chi connectivity index (χ1) is 14.5. The first kappa shape index (κ1) is 19.7. The number of aromatic nitrogens is 2. The minimum absolute atomic E-state index is 0.0525. The van der Waals surface area contributed by atoms with Crippen LogP contribution < -0.4 is 0 Å². The molecule has 3 aromatic rings. The minimum Gasteiger partial charge on any atom is -0.339 e. The van der Waals surface area contributed by atoms with Crippen molar-refractivity contribution in [2.24, 2.45) is 5.41 Å². The Kier molecular flexibility index (Phi) is 4.92. The van der Waals surface area contributed by atoms with E-state index in [-0.39, 0.29) is 17.1 Å². The van der Waals surface area contributed by atoms with Crippen LogP contribution in [0, 0.1) is 5.41 Å². The van der Waals surface area contributed by atoms with Crippen LogP contribution in [0.1, 0.15) is 36.6 Å². The SMILES string of the molecule is O=S(=O)(Cc1ccccc1)N1CCC2(CC1)C[C@H]2c1nc(-c2cccc(Cl)c2)no1. The van der Waals surface area contributed by atoms with Crippen LogP contribution in [-0.2, 0) is 15.8 Å². The van der Waals surface area contributed by atoms with E-state index >= 15 is 0 Å². The van der Waals surface area contributed by atoms with Crippen molar-refractivity contribution in [3.05, 3.63) is 71.1 Å². The Bertz CT molecular complexity index is 1160. The molecule has 1 saturated carbocycles. The predicted molar refractivity (Wildman–Crippen MR) is 114 cm³/mol. The van der Waals surface area contributed by atoms with E-state index in [9.17, 15) is 8.42 Å². The summed E-state index contributed by atoms with van der Waals surface area (Å²) in [5, 5.41) is 4.75. The van der Waals surface area contributed by atoms with Crippen LogP contribution in [0.4, 0.5) is 0 Å². The summed E-state index contributed by atoms with van der Waals surface area (Å²) in [5.41, 5.74) is 1.73. The molecule has 0 amide bonds. The van der Waals surface area contributed by atoms with Crippen molar-refractivity contribution in [3.8, 4) is 11.4 Å². The van der Waals surface area contributed by atoms with Gasteiger partial charge >= 0.3 is 0 Å². The Hall–Kier alpha value is -2.22. The number of benzene rings is 2. The zero-order valence-corrected chi connectivity index (χ0v) is 17.9. The van der Waals surface area contributed by atoms with Crippen LogP contribution in [-0.4, -0.2) is 36.0 Å². The fourth-order valence-electron chi connectivity index (χ4n) is 4.46. The highest BCUT2D eigenvalue weighted by Crippen LogP contribution is 2.64. The number of rotatable bonds is 5. The molecule has 2 fully saturated rings. The van der Waals surface area contributed by atoms with Crippen molar-refractivity contribution in [2.75, 3.05) is 13.1 Å². The summed E-state index contributed by atoms with van der Waals surface area (Å²) < 4.78 is 32.8. The van der Waals surface area contributed by atoms with Crippen LogP contribution in [0.2, 0.25) is 5.02 Å². The lowest BCUT2D eigenvalue weighted by molar-refractivity contribution is 0.242. The number of piperidine rings is 1. The van der Waals surface area contributed by atoms with Crippen molar-refractivity contribution < 1.29 is 12.9 Å². The van der Waals surface area contributed by atoms with E-state index in [0.29, 0.717) is 29.8 Å². The van der Waals surface area contributed by atoms with Gasteiger partial charge < -0.3 is 4.52 Å². The second-order valence-corrected chi connectivity index (χ2v) is 10.6. The average Bonchev–Trinajstić information content (AvgIpc) is 3.20. The maximum atomic E-state index is 12.8. The van der Waals surface area contributed by atoms with Gasteiger partial charge in [0.15, 0.2) is 0 Å². The summed E-state index contributed by atoms with van der Waals surface area (Å²) in [6, 6.07) is 16.7. The molecule has 0 bridgehead atoms. The molecule has 1 aliphatic heterocycles. The van der Waals surface area contributed by atoms with Crippen molar-refractivity contribution in [3.63, 3.8) is 0 Å². The Balaban J connectivity index is 1.24. The van der Waals surface area contributed by atoms with Crippen LogP contribution in [0.25, 0.3) is 11.4 Å². The number of sulfonamides is 1. The molecule has 156 valence electrons. The highest BCUT2D eigenvalue weighted by atomic mass is 35.5. The standard InChI is InChI=1S/C22H22ClN3O3S/c23-18-8-4-7-17(13-18)20-24-21(29-25-20)19-14-22(19)9-11-26(12-10-22)30(27,28)15-16-5-2-1-3-6-16/h1-8,13,19H,9-12,14-15H2/t19-/m0/s1. The van der Waals surface area contributed by atoms with E-state index in [1.807, 2.05) is 54.6 Å². The third kappa shape index (κ3) is 3.77. The fraction of sp³-hybridized carbons (Fsp3) is 0.364. The molecular weight excluding hydrogens is 422 g/mol. The van der Waals surface area contributed by atoms with Gasteiger partial charge in [-0.05, 0) is 42.4 Å². The zero-order chi connectivity index (χ0) is 20.8. The molecule has 1 aliphatic carbocycles. The molecule has 2 heterocycles. The molecule has 0 N–H and O–H groups in total. The molecule has 30 heavy (non-hydrogen) atoms. The highest BCUT2D eigenvalue weighted by Gasteiger charge is 2.58. The van der Waals surface area contributed by atoms with Crippen molar-refractivity contribution in [1.82, 2.24) is 14.4 Å². The van der Waals surface area contributed by atoms with E-state index in [2.05, 4.69) is 10.1 Å². The van der Waals surface area contributed by atoms with Gasteiger partial charge in [0.2, 0.25) is 21.7 Å². The minimum atomic E-state index is -3.31. The van der Waals surface area contributed by atoms with Crippen molar-refractivity contribution in [1.29, 1.82) is 0 Å². The van der Waals surface area contributed by atoms with Crippen LogP contribution in [0.3, 0.4) is 0 Å². The summed E-state index contributed by atoms with van der Waals surface area (Å²) in [6.07, 6.45) is 2.61. The summed E-state index contributed by atoms with van der Waals surface area (Å²) in [5.74, 6) is 1.44. The average molecular weight is 444 g/mol. The smallest absolute Gasteiger partial charge is 0.230 e. The van der Waals surface area contributed by atoms with Gasteiger partial charge in [0.25, 0.3) is 0 Å². The maximum Gasteiger partial charge on any atom is 0.230 e. The molecule has 6 nitrogen and oxygen atoms in total. The summed E-state index contributed by atoms with van der Waals surface area (Å²) in [7, 11) is -3.31. The third-order valence-corrected chi connectivity index (χ3v) is 8.40. The van der Waals surface area contributed by atoms with E-state index in [4.69, 9.17) is 16.1 Å². The van der Waals surface area contributed by atoms with E-state index in [0.717, 1.165) is 30.4 Å². The van der Waals surface area contributed by atoms with Gasteiger partial charge in [-0.1, -0.05) is 59.2 Å². The van der Waals surface area contributed by atoms with Gasteiger partial charge in [0.1, 0.15) is 0 Å². The first-order valence-corrected chi connectivity index (χ1v) is 12.1. The zero-order valence-electron chi connectivity index (χ0n) is 16.4. The molecule has 1 spiro atoms. The second-order valence-electron chi connectivity index (χ2n) is 8.23. The lowest BCUT2D eigenvalue weighted by Crippen LogP contribution is -2.40. The Morgan fingerprint density at radius 1 is 1.10 bits per heavy atom. The van der Waals surface area contributed by atoms with Crippen molar-refractivity contribution >= 4 is 21.6 Å². The molecule has 5 rings (SSSR count). The molecule has 1 atom stereocenters. The molecule has 0 unspecified atom stereocenters. The molecule has 1 aromatic heterocycles. The normalized spacial score (nSPS) is 21.0. The van der Waals surface area contributed by atoms with Gasteiger partial charge in [0, 0.05) is 29.6 Å². The lowest BCUT2D eigenvalue weighted by atomic mass is 9.92. The summed E-state index contributed by atoms with van der Waals surface area (Å²) >= 11 is 6.05. The van der Waals surface area contributed by atoms with Crippen LogP contribution >= 0.6 is 11.6 Å². The number of halogens is 1. The monoisotopic (exact) mass is 443 g/mol. The molecule has 8 heteroatoms. The number of hydrogen-bond donors (Lipinski definition) is 0. The highest BCUT2D eigenvalue weighted by molar-refractivity contribution is 7.88. The number of hydrogen-bond acceptors (Lipinski definition) is 5. The molecular formula is C22H22ClN3O3S. The Labute approximate surface area is 180 Å². The van der Waals surface area contributed by atoms with Gasteiger partial charge in [-0.3, -0.25) is 0 Å². The van der Waals surface area contributed by atoms with Crippen LogP contribution in [0.15, 0.2) is 59.1 Å². The van der Waals surface area contributed by atoms with Gasteiger partial charge in [0.05, 0.1) is 5.75 Å². The molecule has 1 saturated heterocycles. The first-order valence-electron chi connectivity index (χ1n) is 10.1. The predicted octanol–water partition coefficient (Wildman–Crippen LogP) is 4.49. The summed E-state index contributed by atoms with van der Waals surface area (Å²) in [6.45, 7) is 1.09.